The number of thiazole rings is 1. The van der Waals surface area contributed by atoms with E-state index in [1.54, 1.807) is 6.20 Å². The first-order valence-electron chi connectivity index (χ1n) is 5.44. The van der Waals surface area contributed by atoms with Crippen molar-refractivity contribution in [3.05, 3.63) is 29.2 Å². The zero-order valence-electron chi connectivity index (χ0n) is 9.79. The molecule has 0 aromatic carbocycles. The summed E-state index contributed by atoms with van der Waals surface area (Å²) in [6, 6.07) is 0. The zero-order valence-corrected chi connectivity index (χ0v) is 11.4. The molecule has 0 saturated carbocycles. The van der Waals surface area contributed by atoms with Crippen molar-refractivity contribution in [2.24, 2.45) is 0 Å². The standard InChI is InChI=1S/C10H13N3O3S2/c1-2-9-11-6-10(17-9)18(14,15)13-4-3-8-5-12-16-7-8/h5-7,13H,2-4H2,1H3. The summed E-state index contributed by atoms with van der Waals surface area (Å²) in [6.45, 7) is 2.25. The summed E-state index contributed by atoms with van der Waals surface area (Å²) in [6.07, 6.45) is 5.74. The molecule has 2 aromatic heterocycles. The normalized spacial score (nSPS) is 11.8. The second kappa shape index (κ2) is 5.59. The number of aromatic nitrogens is 2. The Bertz CT molecular complexity index is 590. The van der Waals surface area contributed by atoms with Crippen LogP contribution in [0.15, 0.2) is 27.4 Å². The van der Waals surface area contributed by atoms with Gasteiger partial charge in [-0.2, -0.15) is 0 Å². The Morgan fingerprint density at radius 2 is 2.28 bits per heavy atom. The maximum absolute atomic E-state index is 11.9. The molecule has 0 atom stereocenters. The largest absolute Gasteiger partial charge is 0.364 e. The molecule has 2 heterocycles. The minimum atomic E-state index is -3.45. The van der Waals surface area contributed by atoms with Crippen molar-refractivity contribution in [1.82, 2.24) is 14.9 Å². The average Bonchev–Trinajstić information content (AvgIpc) is 2.99. The smallest absolute Gasteiger partial charge is 0.251 e. The molecule has 0 amide bonds. The molecule has 2 aromatic rings. The molecule has 0 aliphatic heterocycles. The topological polar surface area (TPSA) is 85.1 Å². The van der Waals surface area contributed by atoms with Gasteiger partial charge in [-0.15, -0.1) is 11.3 Å². The first-order chi connectivity index (χ1) is 8.62. The molecular formula is C10H13N3O3S2. The quantitative estimate of drug-likeness (QED) is 0.863. The summed E-state index contributed by atoms with van der Waals surface area (Å²) in [5, 5.41) is 4.36. The third-order valence-electron chi connectivity index (χ3n) is 2.29. The van der Waals surface area contributed by atoms with Crippen LogP contribution in [0.5, 0.6) is 0 Å². The molecule has 0 fully saturated rings. The SMILES string of the molecule is CCc1ncc(S(=O)(=O)NCCc2cnoc2)s1. The van der Waals surface area contributed by atoms with E-state index in [1.807, 2.05) is 6.92 Å². The highest BCUT2D eigenvalue weighted by atomic mass is 32.2. The summed E-state index contributed by atoms with van der Waals surface area (Å²) in [4.78, 5) is 4.03. The van der Waals surface area contributed by atoms with Gasteiger partial charge in [0.1, 0.15) is 6.26 Å². The molecule has 0 bridgehead atoms. The number of nitrogens with one attached hydrogen (secondary N) is 1. The lowest BCUT2D eigenvalue weighted by molar-refractivity contribution is 0.419. The molecule has 0 saturated heterocycles. The fourth-order valence-corrected chi connectivity index (χ4v) is 3.53. The van der Waals surface area contributed by atoms with E-state index in [2.05, 4.69) is 19.4 Å². The summed E-state index contributed by atoms with van der Waals surface area (Å²) < 4.78 is 31.3. The number of nitrogens with zero attached hydrogens (tertiary/aromatic N) is 2. The minimum absolute atomic E-state index is 0.254. The Hall–Kier alpha value is -1.25. The van der Waals surface area contributed by atoms with Gasteiger partial charge in [0.2, 0.25) is 0 Å². The van der Waals surface area contributed by atoms with Crippen molar-refractivity contribution in [2.45, 2.75) is 24.0 Å². The Balaban J connectivity index is 1.95. The second-order valence-electron chi connectivity index (χ2n) is 3.61. The van der Waals surface area contributed by atoms with Crippen molar-refractivity contribution in [1.29, 1.82) is 0 Å². The van der Waals surface area contributed by atoms with Gasteiger partial charge in [0, 0.05) is 12.1 Å². The van der Waals surface area contributed by atoms with Crippen molar-refractivity contribution < 1.29 is 12.9 Å². The molecule has 0 aliphatic carbocycles. The summed E-state index contributed by atoms with van der Waals surface area (Å²) >= 11 is 1.20. The fourth-order valence-electron chi connectivity index (χ4n) is 1.33. The van der Waals surface area contributed by atoms with Gasteiger partial charge in [0.25, 0.3) is 10.0 Å². The van der Waals surface area contributed by atoms with E-state index in [0.717, 1.165) is 17.0 Å². The average molecular weight is 287 g/mol. The zero-order chi connectivity index (χ0) is 13.0. The molecular weight excluding hydrogens is 274 g/mol. The molecule has 6 nitrogen and oxygen atoms in total. The van der Waals surface area contributed by atoms with Crippen LogP contribution in [0, 0.1) is 0 Å². The third-order valence-corrected chi connectivity index (χ3v) is 5.35. The van der Waals surface area contributed by atoms with Gasteiger partial charge in [-0.1, -0.05) is 12.1 Å². The van der Waals surface area contributed by atoms with Crippen LogP contribution in [0.4, 0.5) is 0 Å². The number of hydrogen-bond donors (Lipinski definition) is 1. The molecule has 0 unspecified atom stereocenters. The molecule has 2 rings (SSSR count). The van der Waals surface area contributed by atoms with Gasteiger partial charge in [-0.25, -0.2) is 18.1 Å². The van der Waals surface area contributed by atoms with Gasteiger partial charge in [0.15, 0.2) is 4.21 Å². The molecule has 18 heavy (non-hydrogen) atoms. The van der Waals surface area contributed by atoms with Gasteiger partial charge in [-0.05, 0) is 12.8 Å². The number of hydrogen-bond acceptors (Lipinski definition) is 6. The van der Waals surface area contributed by atoms with E-state index >= 15 is 0 Å². The van der Waals surface area contributed by atoms with Crippen LogP contribution in [0.25, 0.3) is 0 Å². The maximum atomic E-state index is 11.9. The molecule has 0 aliphatic rings. The number of aryl methyl sites for hydroxylation is 1. The van der Waals surface area contributed by atoms with Crippen molar-refractivity contribution in [2.75, 3.05) is 6.54 Å². The first-order valence-corrected chi connectivity index (χ1v) is 7.74. The van der Waals surface area contributed by atoms with Gasteiger partial charge >= 0.3 is 0 Å². The predicted octanol–water partition coefficient (Wildman–Crippen LogP) is 1.21. The molecule has 0 radical (unpaired) electrons. The van der Waals surface area contributed by atoms with Crippen LogP contribution in [0.1, 0.15) is 17.5 Å². The van der Waals surface area contributed by atoms with E-state index in [9.17, 15) is 8.42 Å². The van der Waals surface area contributed by atoms with Gasteiger partial charge < -0.3 is 4.52 Å². The molecule has 1 N–H and O–H groups in total. The van der Waals surface area contributed by atoms with Crippen LogP contribution in [0.2, 0.25) is 0 Å². The molecule has 0 spiro atoms. The lowest BCUT2D eigenvalue weighted by Crippen LogP contribution is -2.25. The lowest BCUT2D eigenvalue weighted by atomic mass is 10.3. The Morgan fingerprint density at radius 3 is 2.89 bits per heavy atom. The van der Waals surface area contributed by atoms with E-state index in [0.29, 0.717) is 13.0 Å². The predicted molar refractivity (Wildman–Crippen MR) is 66.9 cm³/mol. The van der Waals surface area contributed by atoms with E-state index in [-0.39, 0.29) is 4.21 Å². The second-order valence-corrected chi connectivity index (χ2v) is 6.72. The Morgan fingerprint density at radius 1 is 1.44 bits per heavy atom. The molecule has 8 heteroatoms. The minimum Gasteiger partial charge on any atom is -0.364 e. The summed E-state index contributed by atoms with van der Waals surface area (Å²) in [7, 11) is -3.45. The number of sulfonamides is 1. The van der Waals surface area contributed by atoms with E-state index in [1.165, 1.54) is 23.8 Å². The summed E-state index contributed by atoms with van der Waals surface area (Å²) in [5.74, 6) is 0. The highest BCUT2D eigenvalue weighted by molar-refractivity contribution is 7.91. The van der Waals surface area contributed by atoms with E-state index < -0.39 is 10.0 Å². The fraction of sp³-hybridized carbons (Fsp3) is 0.400. The monoisotopic (exact) mass is 287 g/mol. The van der Waals surface area contributed by atoms with Crippen molar-refractivity contribution >= 4 is 21.4 Å². The van der Waals surface area contributed by atoms with Crippen molar-refractivity contribution in [3.8, 4) is 0 Å². The van der Waals surface area contributed by atoms with Crippen molar-refractivity contribution in [3.63, 3.8) is 0 Å². The Labute approximate surface area is 109 Å². The van der Waals surface area contributed by atoms with Crippen LogP contribution >= 0.6 is 11.3 Å². The van der Waals surface area contributed by atoms with Crippen LogP contribution in [-0.2, 0) is 22.9 Å². The highest BCUT2D eigenvalue weighted by Crippen LogP contribution is 2.18. The maximum Gasteiger partial charge on any atom is 0.251 e. The number of rotatable bonds is 6. The molecule has 98 valence electrons. The highest BCUT2D eigenvalue weighted by Gasteiger charge is 2.16. The van der Waals surface area contributed by atoms with Gasteiger partial charge in [-0.3, -0.25) is 0 Å². The lowest BCUT2D eigenvalue weighted by Gasteiger charge is -2.02. The Kier molecular flexibility index (Phi) is 4.10. The van der Waals surface area contributed by atoms with Crippen LogP contribution < -0.4 is 4.72 Å². The van der Waals surface area contributed by atoms with Gasteiger partial charge in [0.05, 0.1) is 17.4 Å². The first kappa shape index (κ1) is 13.2. The summed E-state index contributed by atoms with van der Waals surface area (Å²) in [5.41, 5.74) is 0.858. The van der Waals surface area contributed by atoms with Crippen LogP contribution in [-0.4, -0.2) is 25.1 Å². The van der Waals surface area contributed by atoms with Crippen LogP contribution in [0.3, 0.4) is 0 Å². The van der Waals surface area contributed by atoms with E-state index in [4.69, 9.17) is 0 Å². The third kappa shape index (κ3) is 3.15.